The average Bonchev–Trinajstić information content (AvgIpc) is 3.24. The lowest BCUT2D eigenvalue weighted by atomic mass is 10.3. The molecule has 0 spiro atoms. The van der Waals surface area contributed by atoms with Crippen LogP contribution in [0.1, 0.15) is 30.0 Å². The first-order valence-electron chi connectivity index (χ1n) is 8.09. The van der Waals surface area contributed by atoms with Crippen LogP contribution in [0.2, 0.25) is 0 Å². The van der Waals surface area contributed by atoms with Gasteiger partial charge >= 0.3 is 0 Å². The molecule has 0 bridgehead atoms. The van der Waals surface area contributed by atoms with E-state index in [2.05, 4.69) is 32.6 Å². The first-order valence-corrected chi connectivity index (χ1v) is 8.97. The van der Waals surface area contributed by atoms with Gasteiger partial charge in [0.05, 0.1) is 11.6 Å². The number of guanidine groups is 1. The fourth-order valence-electron chi connectivity index (χ4n) is 2.18. The van der Waals surface area contributed by atoms with Crippen LogP contribution < -0.4 is 5.32 Å². The topological polar surface area (TPSA) is 49.8 Å². The Kier molecular flexibility index (Phi) is 7.12. The molecule has 1 aromatic heterocycles. The summed E-state index contributed by atoms with van der Waals surface area (Å²) >= 11 is 1.75. The molecular weight excluding hydrogens is 296 g/mol. The van der Waals surface area contributed by atoms with E-state index in [1.54, 1.807) is 11.3 Å². The van der Waals surface area contributed by atoms with Crippen LogP contribution in [0, 0.1) is 12.8 Å². The number of nitrogens with zero attached hydrogens (tertiary/aromatic N) is 3. The molecule has 6 heteroatoms. The molecule has 0 atom stereocenters. The molecule has 5 nitrogen and oxygen atoms in total. The molecule has 0 saturated heterocycles. The van der Waals surface area contributed by atoms with Crippen LogP contribution in [0.15, 0.2) is 10.4 Å². The third-order valence-corrected chi connectivity index (χ3v) is 4.74. The lowest BCUT2D eigenvalue weighted by molar-refractivity contribution is 0.115. The van der Waals surface area contributed by atoms with Gasteiger partial charge in [-0.15, -0.1) is 11.3 Å². The Balaban J connectivity index is 1.56. The number of nitrogens with one attached hydrogen (secondary N) is 1. The van der Waals surface area contributed by atoms with Crippen LogP contribution in [0.25, 0.3) is 0 Å². The highest BCUT2D eigenvalue weighted by molar-refractivity contribution is 7.09. The normalized spacial score (nSPS) is 15.1. The summed E-state index contributed by atoms with van der Waals surface area (Å²) in [6, 6.07) is 0. The van der Waals surface area contributed by atoms with E-state index < -0.39 is 0 Å². The number of aromatic nitrogens is 1. The largest absolute Gasteiger partial charge is 0.379 e. The molecule has 124 valence electrons. The zero-order chi connectivity index (χ0) is 15.8. The number of hydrogen-bond acceptors (Lipinski definition) is 4. The molecule has 1 saturated carbocycles. The Morgan fingerprint density at radius 2 is 2.36 bits per heavy atom. The first kappa shape index (κ1) is 17.2. The van der Waals surface area contributed by atoms with Gasteiger partial charge in [-0.05, 0) is 32.1 Å². The van der Waals surface area contributed by atoms with E-state index in [1.807, 2.05) is 14.0 Å². The van der Waals surface area contributed by atoms with Crippen molar-refractivity contribution in [2.75, 3.05) is 40.4 Å². The Morgan fingerprint density at radius 1 is 1.55 bits per heavy atom. The van der Waals surface area contributed by atoms with Gasteiger partial charge in [0.2, 0.25) is 0 Å². The molecule has 1 aliphatic carbocycles. The third kappa shape index (κ3) is 6.32. The zero-order valence-electron chi connectivity index (χ0n) is 14.0. The summed E-state index contributed by atoms with van der Waals surface area (Å²) in [5.41, 5.74) is 1.12. The summed E-state index contributed by atoms with van der Waals surface area (Å²) in [6.07, 6.45) is 4.78. The molecule has 0 radical (unpaired) electrons. The molecule has 0 aromatic carbocycles. The number of hydrogen-bond donors (Lipinski definition) is 1. The predicted octanol–water partition coefficient (Wildman–Crippen LogP) is 2.32. The summed E-state index contributed by atoms with van der Waals surface area (Å²) in [5.74, 6) is 1.77. The van der Waals surface area contributed by atoms with Crippen LogP contribution in [-0.2, 0) is 11.2 Å². The molecule has 1 fully saturated rings. The minimum atomic E-state index is 0.770. The molecule has 1 heterocycles. The fraction of sp³-hybridized carbons (Fsp3) is 0.750. The number of aryl methyl sites for hydroxylation is 2. The van der Waals surface area contributed by atoms with Crippen LogP contribution in [0.3, 0.4) is 0 Å². The molecule has 1 aromatic rings. The molecule has 1 aliphatic rings. The van der Waals surface area contributed by atoms with Crippen molar-refractivity contribution in [3.05, 3.63) is 16.1 Å². The number of ether oxygens (including phenoxy) is 1. The standard InChI is InChI=1S/C16H28N4OS/c1-13-12-22-15(19-13)5-4-8-18-16(17-2)20(3)9-10-21-11-14-6-7-14/h12,14H,4-11H2,1-3H3,(H,17,18). The number of aliphatic imine (C=N–C) groups is 1. The predicted molar refractivity (Wildman–Crippen MR) is 92.7 cm³/mol. The van der Waals surface area contributed by atoms with Gasteiger partial charge in [-0.2, -0.15) is 0 Å². The number of likely N-dealkylation sites (N-methyl/N-ethyl adjacent to an activating group) is 1. The second-order valence-electron chi connectivity index (χ2n) is 5.90. The Morgan fingerprint density at radius 3 is 3.00 bits per heavy atom. The highest BCUT2D eigenvalue weighted by atomic mass is 32.1. The van der Waals surface area contributed by atoms with Gasteiger partial charge in [-0.25, -0.2) is 4.98 Å². The minimum absolute atomic E-state index is 0.770. The minimum Gasteiger partial charge on any atom is -0.379 e. The molecule has 1 N–H and O–H groups in total. The molecule has 0 amide bonds. The van der Waals surface area contributed by atoms with Gasteiger partial charge in [-0.1, -0.05) is 0 Å². The van der Waals surface area contributed by atoms with Crippen molar-refractivity contribution < 1.29 is 4.74 Å². The lowest BCUT2D eigenvalue weighted by Crippen LogP contribution is -2.41. The molecule has 22 heavy (non-hydrogen) atoms. The monoisotopic (exact) mass is 324 g/mol. The summed E-state index contributed by atoms with van der Waals surface area (Å²) in [6.45, 7) is 5.52. The van der Waals surface area contributed by atoms with E-state index in [4.69, 9.17) is 4.74 Å². The van der Waals surface area contributed by atoms with E-state index >= 15 is 0 Å². The summed E-state index contributed by atoms with van der Waals surface area (Å²) in [5, 5.41) is 6.73. The van der Waals surface area contributed by atoms with Gasteiger partial charge < -0.3 is 15.0 Å². The average molecular weight is 324 g/mol. The van der Waals surface area contributed by atoms with E-state index in [9.17, 15) is 0 Å². The van der Waals surface area contributed by atoms with Crippen molar-refractivity contribution in [2.45, 2.75) is 32.6 Å². The maximum absolute atomic E-state index is 5.68. The summed E-state index contributed by atoms with van der Waals surface area (Å²) in [4.78, 5) is 10.9. The molecular formula is C16H28N4OS. The molecule has 0 aliphatic heterocycles. The van der Waals surface area contributed by atoms with Crippen LogP contribution >= 0.6 is 11.3 Å². The quantitative estimate of drug-likeness (QED) is 0.430. The maximum atomic E-state index is 5.68. The van der Waals surface area contributed by atoms with Crippen molar-refractivity contribution in [3.63, 3.8) is 0 Å². The van der Waals surface area contributed by atoms with Gasteiger partial charge in [0.15, 0.2) is 5.96 Å². The second kappa shape index (κ2) is 9.10. The molecule has 0 unspecified atom stereocenters. The Labute approximate surface area is 137 Å². The number of rotatable bonds is 9. The SMILES string of the molecule is CN=C(NCCCc1nc(C)cs1)N(C)CCOCC1CC1. The van der Waals surface area contributed by atoms with Crippen LogP contribution in [-0.4, -0.2) is 56.2 Å². The second-order valence-corrected chi connectivity index (χ2v) is 6.84. The van der Waals surface area contributed by atoms with Crippen LogP contribution in [0.5, 0.6) is 0 Å². The Hall–Kier alpha value is -1.14. The van der Waals surface area contributed by atoms with Gasteiger partial charge in [0.25, 0.3) is 0 Å². The van der Waals surface area contributed by atoms with Crippen LogP contribution in [0.4, 0.5) is 0 Å². The summed E-state index contributed by atoms with van der Waals surface area (Å²) in [7, 11) is 3.88. The van der Waals surface area contributed by atoms with Crippen molar-refractivity contribution in [1.82, 2.24) is 15.2 Å². The van der Waals surface area contributed by atoms with E-state index in [-0.39, 0.29) is 0 Å². The maximum Gasteiger partial charge on any atom is 0.193 e. The van der Waals surface area contributed by atoms with Crippen molar-refractivity contribution in [2.24, 2.45) is 10.9 Å². The zero-order valence-corrected chi connectivity index (χ0v) is 14.8. The summed E-state index contributed by atoms with van der Waals surface area (Å²) < 4.78 is 5.68. The highest BCUT2D eigenvalue weighted by Crippen LogP contribution is 2.28. The number of thiazole rings is 1. The first-order chi connectivity index (χ1) is 10.7. The van der Waals surface area contributed by atoms with Crippen molar-refractivity contribution in [1.29, 1.82) is 0 Å². The van der Waals surface area contributed by atoms with E-state index in [1.165, 1.54) is 17.8 Å². The van der Waals surface area contributed by atoms with Gasteiger partial charge in [0, 0.05) is 51.3 Å². The lowest BCUT2D eigenvalue weighted by Gasteiger charge is -2.22. The molecule has 2 rings (SSSR count). The third-order valence-electron chi connectivity index (χ3n) is 3.71. The van der Waals surface area contributed by atoms with Crippen molar-refractivity contribution >= 4 is 17.3 Å². The Bertz CT molecular complexity index is 470. The fourth-order valence-corrected chi connectivity index (χ4v) is 3.00. The van der Waals surface area contributed by atoms with E-state index in [0.717, 1.165) is 56.7 Å². The van der Waals surface area contributed by atoms with Crippen molar-refractivity contribution in [3.8, 4) is 0 Å². The van der Waals surface area contributed by atoms with Gasteiger partial charge in [-0.3, -0.25) is 4.99 Å². The van der Waals surface area contributed by atoms with E-state index in [0.29, 0.717) is 0 Å². The highest BCUT2D eigenvalue weighted by Gasteiger charge is 2.21. The smallest absolute Gasteiger partial charge is 0.193 e. The van der Waals surface area contributed by atoms with Gasteiger partial charge in [0.1, 0.15) is 0 Å².